The fourth-order valence-electron chi connectivity index (χ4n) is 3.55. The van der Waals surface area contributed by atoms with Gasteiger partial charge in [-0.05, 0) is 30.7 Å². The molecule has 1 aromatic heterocycles. The number of hydrogen-bond acceptors (Lipinski definition) is 5. The molecule has 0 bridgehead atoms. The summed E-state index contributed by atoms with van der Waals surface area (Å²) in [5, 5.41) is 4.04. The fraction of sp³-hybridized carbons (Fsp3) is 0.292. The number of carbonyl (C=O) groups excluding carboxylic acids is 1. The van der Waals surface area contributed by atoms with Crippen LogP contribution in [0.3, 0.4) is 0 Å². The van der Waals surface area contributed by atoms with E-state index in [1.807, 2.05) is 31.2 Å². The molecular formula is C24H23F3N4O2. The maximum Gasteiger partial charge on any atom is 0.416 e. The van der Waals surface area contributed by atoms with Crippen molar-refractivity contribution in [1.82, 2.24) is 19.9 Å². The van der Waals surface area contributed by atoms with Gasteiger partial charge in [-0.25, -0.2) is 0 Å². The van der Waals surface area contributed by atoms with E-state index >= 15 is 0 Å². The monoisotopic (exact) mass is 456 g/mol. The molecule has 1 saturated heterocycles. The Morgan fingerprint density at radius 2 is 1.82 bits per heavy atom. The summed E-state index contributed by atoms with van der Waals surface area (Å²) in [5.41, 5.74) is 1.63. The molecular weight excluding hydrogens is 433 g/mol. The molecule has 172 valence electrons. The molecule has 0 aliphatic carbocycles. The van der Waals surface area contributed by atoms with Gasteiger partial charge in [-0.2, -0.15) is 18.2 Å². The molecule has 0 spiro atoms. The van der Waals surface area contributed by atoms with Crippen LogP contribution in [0.5, 0.6) is 0 Å². The summed E-state index contributed by atoms with van der Waals surface area (Å²) in [4.78, 5) is 20.7. The van der Waals surface area contributed by atoms with E-state index in [-0.39, 0.29) is 5.91 Å². The summed E-state index contributed by atoms with van der Waals surface area (Å²) in [5.74, 6) is 0.819. The second kappa shape index (κ2) is 9.58. The normalized spacial score (nSPS) is 15.3. The van der Waals surface area contributed by atoms with Gasteiger partial charge in [-0.1, -0.05) is 47.1 Å². The van der Waals surface area contributed by atoms with Crippen molar-refractivity contribution in [2.24, 2.45) is 0 Å². The van der Waals surface area contributed by atoms with Gasteiger partial charge in [0, 0.05) is 37.8 Å². The Bertz CT molecular complexity index is 1130. The zero-order valence-electron chi connectivity index (χ0n) is 18.0. The van der Waals surface area contributed by atoms with E-state index in [9.17, 15) is 18.0 Å². The van der Waals surface area contributed by atoms with E-state index < -0.39 is 11.7 Å². The Morgan fingerprint density at radius 3 is 2.52 bits per heavy atom. The molecule has 6 nitrogen and oxygen atoms in total. The number of carbonyl (C=O) groups is 1. The van der Waals surface area contributed by atoms with Gasteiger partial charge in [-0.15, -0.1) is 0 Å². The predicted octanol–water partition coefficient (Wildman–Crippen LogP) is 4.42. The van der Waals surface area contributed by atoms with E-state index in [4.69, 9.17) is 4.52 Å². The number of aromatic nitrogens is 2. The number of hydrogen-bond donors (Lipinski definition) is 0. The highest BCUT2D eigenvalue weighted by molar-refractivity contribution is 5.91. The van der Waals surface area contributed by atoms with Crippen LogP contribution in [0.15, 0.2) is 59.1 Å². The van der Waals surface area contributed by atoms with Crippen LogP contribution >= 0.6 is 0 Å². The first-order valence-electron chi connectivity index (χ1n) is 10.5. The van der Waals surface area contributed by atoms with Crippen molar-refractivity contribution >= 4 is 12.0 Å². The standard InChI is InChI=1S/C24H23F3N4O2/c1-17-5-8-19(9-6-17)23-28-21(33-29-23)16-30-11-13-31(14-12-30)22(32)10-7-18-3-2-4-20(15-18)24(25,26)27/h2-10,15H,11-14,16H2,1H3. The number of halogens is 3. The largest absolute Gasteiger partial charge is 0.416 e. The first kappa shape index (κ1) is 22.7. The van der Waals surface area contributed by atoms with Crippen molar-refractivity contribution in [2.75, 3.05) is 26.2 Å². The number of aryl methyl sites for hydroxylation is 1. The molecule has 0 saturated carbocycles. The summed E-state index contributed by atoms with van der Waals surface area (Å²) in [6.45, 7) is 4.77. The van der Waals surface area contributed by atoms with E-state index in [0.717, 1.165) is 23.3 Å². The highest BCUT2D eigenvalue weighted by atomic mass is 19.4. The summed E-state index contributed by atoms with van der Waals surface area (Å²) < 4.78 is 43.9. The van der Waals surface area contributed by atoms with Crippen LogP contribution in [0.25, 0.3) is 17.5 Å². The third kappa shape index (κ3) is 5.87. The third-order valence-electron chi connectivity index (χ3n) is 5.45. The minimum absolute atomic E-state index is 0.230. The van der Waals surface area contributed by atoms with Gasteiger partial charge in [0.15, 0.2) is 0 Å². The molecule has 2 heterocycles. The van der Waals surface area contributed by atoms with E-state index in [1.54, 1.807) is 4.90 Å². The number of rotatable bonds is 5. The SMILES string of the molecule is Cc1ccc(-c2noc(CN3CCN(C(=O)C=Cc4cccc(C(F)(F)F)c4)CC3)n2)cc1. The smallest absolute Gasteiger partial charge is 0.338 e. The molecule has 0 N–H and O–H groups in total. The van der Waals surface area contributed by atoms with Crippen molar-refractivity contribution < 1.29 is 22.5 Å². The van der Waals surface area contributed by atoms with Gasteiger partial charge in [-0.3, -0.25) is 9.69 Å². The van der Waals surface area contributed by atoms with Crippen LogP contribution in [0, 0.1) is 6.92 Å². The minimum Gasteiger partial charge on any atom is -0.338 e. The van der Waals surface area contributed by atoms with Crippen LogP contribution in [-0.2, 0) is 17.5 Å². The van der Waals surface area contributed by atoms with Crippen LogP contribution in [0.1, 0.15) is 22.6 Å². The second-order valence-electron chi connectivity index (χ2n) is 7.94. The molecule has 3 aromatic rings. The number of amides is 1. The Hall–Kier alpha value is -3.46. The number of alkyl halides is 3. The highest BCUT2D eigenvalue weighted by Gasteiger charge is 2.30. The molecule has 9 heteroatoms. The predicted molar refractivity (Wildman–Crippen MR) is 117 cm³/mol. The molecule has 2 aromatic carbocycles. The average Bonchev–Trinajstić information content (AvgIpc) is 3.26. The summed E-state index contributed by atoms with van der Waals surface area (Å²) in [7, 11) is 0. The van der Waals surface area contributed by atoms with Crippen molar-refractivity contribution in [3.63, 3.8) is 0 Å². The van der Waals surface area contributed by atoms with Crippen LogP contribution in [-0.4, -0.2) is 52.0 Å². The van der Waals surface area contributed by atoms with Gasteiger partial charge >= 0.3 is 6.18 Å². The first-order valence-corrected chi connectivity index (χ1v) is 10.5. The quantitative estimate of drug-likeness (QED) is 0.532. The first-order chi connectivity index (χ1) is 15.8. The Balaban J connectivity index is 1.29. The molecule has 1 amide bonds. The zero-order chi connectivity index (χ0) is 23.4. The molecule has 1 fully saturated rings. The van der Waals surface area contributed by atoms with Crippen molar-refractivity contribution in [2.45, 2.75) is 19.6 Å². The molecule has 33 heavy (non-hydrogen) atoms. The van der Waals surface area contributed by atoms with Gasteiger partial charge in [0.05, 0.1) is 12.1 Å². The van der Waals surface area contributed by atoms with Crippen LogP contribution in [0.4, 0.5) is 13.2 Å². The lowest BCUT2D eigenvalue weighted by Crippen LogP contribution is -2.47. The summed E-state index contributed by atoms with van der Waals surface area (Å²) in [6, 6.07) is 12.8. The van der Waals surface area contributed by atoms with E-state index in [0.29, 0.717) is 50.0 Å². The number of benzene rings is 2. The lowest BCUT2D eigenvalue weighted by atomic mass is 10.1. The summed E-state index contributed by atoms with van der Waals surface area (Å²) >= 11 is 0. The Labute approximate surface area is 189 Å². The molecule has 0 unspecified atom stereocenters. The Morgan fingerprint density at radius 1 is 1.09 bits per heavy atom. The maximum absolute atomic E-state index is 12.8. The van der Waals surface area contributed by atoms with Crippen molar-refractivity contribution in [3.05, 3.63) is 77.2 Å². The highest BCUT2D eigenvalue weighted by Crippen LogP contribution is 2.29. The number of piperazine rings is 1. The summed E-state index contributed by atoms with van der Waals surface area (Å²) in [6.07, 6.45) is -1.69. The van der Waals surface area contributed by atoms with Gasteiger partial charge in [0.25, 0.3) is 0 Å². The molecule has 0 radical (unpaired) electrons. The van der Waals surface area contributed by atoms with Gasteiger partial charge in [0.2, 0.25) is 17.6 Å². The molecule has 1 aliphatic heterocycles. The maximum atomic E-state index is 12.8. The fourth-order valence-corrected chi connectivity index (χ4v) is 3.55. The van der Waals surface area contributed by atoms with E-state index in [2.05, 4.69) is 15.0 Å². The average molecular weight is 456 g/mol. The van der Waals surface area contributed by atoms with Crippen LogP contribution < -0.4 is 0 Å². The topological polar surface area (TPSA) is 62.5 Å². The Kier molecular flexibility index (Phi) is 6.60. The van der Waals surface area contributed by atoms with E-state index in [1.165, 1.54) is 24.3 Å². The number of nitrogens with zero attached hydrogens (tertiary/aromatic N) is 4. The second-order valence-corrected chi connectivity index (χ2v) is 7.94. The molecule has 1 aliphatic rings. The zero-order valence-corrected chi connectivity index (χ0v) is 18.0. The van der Waals surface area contributed by atoms with Crippen molar-refractivity contribution in [1.29, 1.82) is 0 Å². The minimum atomic E-state index is -4.41. The molecule has 0 atom stereocenters. The van der Waals surface area contributed by atoms with Gasteiger partial charge < -0.3 is 9.42 Å². The lowest BCUT2D eigenvalue weighted by Gasteiger charge is -2.33. The lowest BCUT2D eigenvalue weighted by molar-refractivity contribution is -0.137. The van der Waals surface area contributed by atoms with Gasteiger partial charge in [0.1, 0.15) is 0 Å². The van der Waals surface area contributed by atoms with Crippen molar-refractivity contribution in [3.8, 4) is 11.4 Å². The molecule has 4 rings (SSSR count). The van der Waals surface area contributed by atoms with Crippen LogP contribution in [0.2, 0.25) is 0 Å². The third-order valence-corrected chi connectivity index (χ3v) is 5.45.